The van der Waals surface area contributed by atoms with E-state index < -0.39 is 0 Å². The zero-order valence-electron chi connectivity index (χ0n) is 13.6. The molecule has 1 amide bonds. The molecule has 1 fully saturated rings. The highest BCUT2D eigenvalue weighted by Crippen LogP contribution is 2.28. The summed E-state index contributed by atoms with van der Waals surface area (Å²) in [5, 5.41) is 6.57. The van der Waals surface area contributed by atoms with Gasteiger partial charge in [0.1, 0.15) is 5.75 Å². The van der Waals surface area contributed by atoms with E-state index >= 15 is 0 Å². The highest BCUT2D eigenvalue weighted by Gasteiger charge is 2.21. The second kappa shape index (κ2) is 9.01. The topological polar surface area (TPSA) is 50.4 Å². The molecular weight excluding hydrogens is 300 g/mol. The molecule has 1 saturated heterocycles. The minimum atomic E-state index is 0. The Balaban J connectivity index is 0.00000242. The highest BCUT2D eigenvalue weighted by atomic mass is 35.5. The maximum absolute atomic E-state index is 12.2. The number of methoxy groups -OCH3 is 1. The van der Waals surface area contributed by atoms with Crippen LogP contribution >= 0.6 is 12.4 Å². The number of halogens is 1. The Morgan fingerprint density at radius 2 is 2.18 bits per heavy atom. The summed E-state index contributed by atoms with van der Waals surface area (Å²) in [5.74, 6) is 1.14. The summed E-state index contributed by atoms with van der Waals surface area (Å²) < 4.78 is 5.37. The van der Waals surface area contributed by atoms with Gasteiger partial charge < -0.3 is 15.4 Å². The van der Waals surface area contributed by atoms with Gasteiger partial charge in [-0.2, -0.15) is 0 Å². The molecule has 1 aromatic carbocycles. The molecule has 0 bridgehead atoms. The first kappa shape index (κ1) is 18.8. The van der Waals surface area contributed by atoms with Crippen LogP contribution in [0.25, 0.3) is 0 Å². The molecule has 22 heavy (non-hydrogen) atoms. The summed E-state index contributed by atoms with van der Waals surface area (Å²) in [6.45, 7) is 5.21. The Morgan fingerprint density at radius 3 is 2.86 bits per heavy atom. The number of nitrogens with one attached hydrogen (secondary N) is 2. The quantitative estimate of drug-likeness (QED) is 0.874. The summed E-state index contributed by atoms with van der Waals surface area (Å²) in [5.41, 5.74) is 1.09. The normalized spacial score (nSPS) is 22.3. The Hall–Kier alpha value is -1.26. The molecule has 0 radical (unpaired) electrons. The molecule has 3 unspecified atom stereocenters. The molecule has 0 aromatic heterocycles. The van der Waals surface area contributed by atoms with Crippen LogP contribution in [0.2, 0.25) is 0 Å². The summed E-state index contributed by atoms with van der Waals surface area (Å²) in [6.07, 6.45) is 2.52. The van der Waals surface area contributed by atoms with Crippen molar-refractivity contribution in [2.45, 2.75) is 51.1 Å². The molecule has 1 aliphatic heterocycles. The maximum atomic E-state index is 12.2. The van der Waals surface area contributed by atoms with E-state index in [1.54, 1.807) is 7.11 Å². The lowest BCUT2D eigenvalue weighted by molar-refractivity contribution is -0.122. The lowest BCUT2D eigenvalue weighted by Crippen LogP contribution is -2.46. The average molecular weight is 327 g/mol. The van der Waals surface area contributed by atoms with Crippen molar-refractivity contribution in [2.75, 3.05) is 13.7 Å². The Bertz CT molecular complexity index is 481. The molecule has 0 saturated carbocycles. The van der Waals surface area contributed by atoms with Gasteiger partial charge in [-0.15, -0.1) is 12.4 Å². The number of para-hydroxylation sites is 1. The van der Waals surface area contributed by atoms with E-state index in [2.05, 4.69) is 24.5 Å². The van der Waals surface area contributed by atoms with Gasteiger partial charge in [0.25, 0.3) is 0 Å². The van der Waals surface area contributed by atoms with Gasteiger partial charge in [0, 0.05) is 18.5 Å². The number of carbonyl (C=O) groups excluding carboxylic acids is 1. The number of carbonyl (C=O) groups is 1. The van der Waals surface area contributed by atoms with E-state index in [-0.39, 0.29) is 24.2 Å². The van der Waals surface area contributed by atoms with E-state index in [0.717, 1.165) is 30.7 Å². The van der Waals surface area contributed by atoms with Gasteiger partial charge in [-0.3, -0.25) is 4.79 Å². The predicted octanol–water partition coefficient (Wildman–Crippen LogP) is 2.87. The molecule has 0 aliphatic carbocycles. The molecule has 5 heteroatoms. The molecule has 124 valence electrons. The predicted molar refractivity (Wildman–Crippen MR) is 91.9 cm³/mol. The molecule has 1 heterocycles. The zero-order chi connectivity index (χ0) is 15.2. The lowest BCUT2D eigenvalue weighted by atomic mass is 9.95. The van der Waals surface area contributed by atoms with Crippen molar-refractivity contribution in [3.63, 3.8) is 0 Å². The lowest BCUT2D eigenvalue weighted by Gasteiger charge is -2.29. The summed E-state index contributed by atoms with van der Waals surface area (Å²) in [6, 6.07) is 8.70. The second-order valence-corrected chi connectivity index (χ2v) is 5.99. The molecule has 4 nitrogen and oxygen atoms in total. The number of piperidine rings is 1. The van der Waals surface area contributed by atoms with Crippen molar-refractivity contribution in [1.82, 2.24) is 10.6 Å². The number of rotatable bonds is 5. The first-order valence-corrected chi connectivity index (χ1v) is 7.75. The fraction of sp³-hybridized carbons (Fsp3) is 0.588. The van der Waals surface area contributed by atoms with E-state index in [1.165, 1.54) is 0 Å². The largest absolute Gasteiger partial charge is 0.496 e. The Labute approximate surface area is 139 Å². The Kier molecular flexibility index (Phi) is 7.69. The number of hydrogen-bond acceptors (Lipinski definition) is 3. The Morgan fingerprint density at radius 1 is 1.45 bits per heavy atom. The van der Waals surface area contributed by atoms with Crippen LogP contribution in [0.3, 0.4) is 0 Å². The van der Waals surface area contributed by atoms with Crippen molar-refractivity contribution < 1.29 is 9.53 Å². The van der Waals surface area contributed by atoms with Gasteiger partial charge in [0.2, 0.25) is 5.91 Å². The SMILES string of the molecule is COc1ccccc1C(C)CC(=O)NC1CCNC(C)C1.Cl. The van der Waals surface area contributed by atoms with Crippen molar-refractivity contribution >= 4 is 18.3 Å². The fourth-order valence-corrected chi connectivity index (χ4v) is 3.01. The second-order valence-electron chi connectivity index (χ2n) is 5.99. The number of amides is 1. The third-order valence-corrected chi connectivity index (χ3v) is 4.15. The first-order chi connectivity index (χ1) is 10.1. The maximum Gasteiger partial charge on any atom is 0.220 e. The molecular formula is C17H27ClN2O2. The minimum Gasteiger partial charge on any atom is -0.496 e. The summed E-state index contributed by atoms with van der Waals surface area (Å²) >= 11 is 0. The van der Waals surface area contributed by atoms with Gasteiger partial charge >= 0.3 is 0 Å². The molecule has 3 atom stereocenters. The molecule has 1 aliphatic rings. The molecule has 2 rings (SSSR count). The van der Waals surface area contributed by atoms with Gasteiger partial charge in [-0.25, -0.2) is 0 Å². The van der Waals surface area contributed by atoms with Gasteiger partial charge in [0.05, 0.1) is 7.11 Å². The van der Waals surface area contributed by atoms with E-state index in [0.29, 0.717) is 18.5 Å². The van der Waals surface area contributed by atoms with E-state index in [1.807, 2.05) is 24.3 Å². The van der Waals surface area contributed by atoms with E-state index in [4.69, 9.17) is 4.74 Å². The van der Waals surface area contributed by atoms with Crippen LogP contribution in [0.4, 0.5) is 0 Å². The number of hydrogen-bond donors (Lipinski definition) is 2. The molecule has 2 N–H and O–H groups in total. The van der Waals surface area contributed by atoms with Gasteiger partial charge in [0.15, 0.2) is 0 Å². The van der Waals surface area contributed by atoms with Crippen LogP contribution in [0.15, 0.2) is 24.3 Å². The smallest absolute Gasteiger partial charge is 0.220 e. The number of benzene rings is 1. The summed E-state index contributed by atoms with van der Waals surface area (Å²) in [4.78, 5) is 12.2. The third-order valence-electron chi connectivity index (χ3n) is 4.15. The van der Waals surface area contributed by atoms with Crippen LogP contribution in [-0.2, 0) is 4.79 Å². The van der Waals surface area contributed by atoms with Crippen LogP contribution in [0, 0.1) is 0 Å². The fourth-order valence-electron chi connectivity index (χ4n) is 3.01. The third kappa shape index (κ3) is 5.18. The van der Waals surface area contributed by atoms with Gasteiger partial charge in [-0.1, -0.05) is 25.1 Å². The minimum absolute atomic E-state index is 0. The van der Waals surface area contributed by atoms with E-state index in [9.17, 15) is 4.79 Å². The molecule has 1 aromatic rings. The van der Waals surface area contributed by atoms with Crippen molar-refractivity contribution in [1.29, 1.82) is 0 Å². The standard InChI is InChI=1S/C17H26N2O2.ClH/c1-12(15-6-4-5-7-16(15)21-3)10-17(20)19-14-8-9-18-13(2)11-14;/h4-7,12-14,18H,8-11H2,1-3H3,(H,19,20);1H. The van der Waals surface area contributed by atoms with Crippen molar-refractivity contribution in [2.24, 2.45) is 0 Å². The van der Waals surface area contributed by atoms with Crippen molar-refractivity contribution in [3.05, 3.63) is 29.8 Å². The van der Waals surface area contributed by atoms with Crippen LogP contribution < -0.4 is 15.4 Å². The van der Waals surface area contributed by atoms with Crippen molar-refractivity contribution in [3.8, 4) is 5.75 Å². The number of ether oxygens (including phenoxy) is 1. The van der Waals surface area contributed by atoms with Crippen LogP contribution in [-0.4, -0.2) is 31.6 Å². The first-order valence-electron chi connectivity index (χ1n) is 7.75. The highest BCUT2D eigenvalue weighted by molar-refractivity contribution is 5.85. The van der Waals surface area contributed by atoms with Crippen LogP contribution in [0.5, 0.6) is 5.75 Å². The zero-order valence-corrected chi connectivity index (χ0v) is 14.4. The monoisotopic (exact) mass is 326 g/mol. The average Bonchev–Trinajstić information content (AvgIpc) is 2.47. The summed E-state index contributed by atoms with van der Waals surface area (Å²) in [7, 11) is 1.67. The molecule has 0 spiro atoms. The van der Waals surface area contributed by atoms with Crippen LogP contribution in [0.1, 0.15) is 44.6 Å². The van der Waals surface area contributed by atoms with Gasteiger partial charge in [-0.05, 0) is 43.9 Å².